The summed E-state index contributed by atoms with van der Waals surface area (Å²) in [6.45, 7) is 4.32. The molecule has 3 rings (SSSR count). The van der Waals surface area contributed by atoms with Gasteiger partial charge in [-0.15, -0.1) is 11.3 Å². The minimum Gasteiger partial charge on any atom is -0.315 e. The summed E-state index contributed by atoms with van der Waals surface area (Å²) >= 11 is 1.55. The van der Waals surface area contributed by atoms with Gasteiger partial charge in [0.25, 0.3) is 5.56 Å². The molecule has 0 atom stereocenters. The molecule has 0 saturated carbocycles. The molecule has 0 radical (unpaired) electrons. The fraction of sp³-hybridized carbons (Fsp3) is 0.188. The van der Waals surface area contributed by atoms with E-state index in [0.717, 1.165) is 21.2 Å². The Morgan fingerprint density at radius 3 is 2.80 bits per heavy atom. The third kappa shape index (κ3) is 1.96. The van der Waals surface area contributed by atoms with E-state index in [-0.39, 0.29) is 11.4 Å². The molecule has 0 saturated heterocycles. The van der Waals surface area contributed by atoms with Gasteiger partial charge < -0.3 is 4.57 Å². The molecule has 0 aliphatic carbocycles. The molecule has 20 heavy (non-hydrogen) atoms. The Hall–Kier alpha value is -1.94. The summed E-state index contributed by atoms with van der Waals surface area (Å²) in [6.07, 6.45) is 1.82. The monoisotopic (exact) mass is 287 g/mol. The number of aromatic nitrogens is 1. The molecule has 3 aromatic rings. The first kappa shape index (κ1) is 13.1. The van der Waals surface area contributed by atoms with Gasteiger partial charge in [0, 0.05) is 28.4 Å². The number of pyridine rings is 1. The maximum Gasteiger partial charge on any atom is 0.259 e. The molecule has 0 unspecified atom stereocenters. The van der Waals surface area contributed by atoms with Gasteiger partial charge in [0.2, 0.25) is 0 Å². The molecule has 102 valence electrons. The highest BCUT2D eigenvalue weighted by Crippen LogP contribution is 2.32. The second kappa shape index (κ2) is 4.87. The minimum atomic E-state index is -0.223. The minimum absolute atomic E-state index is 0.0169. The molecular formula is C16H14FNOS. The highest BCUT2D eigenvalue weighted by Gasteiger charge is 2.12. The quantitative estimate of drug-likeness (QED) is 0.692. The molecule has 1 aromatic carbocycles. The molecule has 4 heteroatoms. The number of hydrogen-bond donors (Lipinski definition) is 0. The summed E-state index contributed by atoms with van der Waals surface area (Å²) < 4.78 is 16.0. The Bertz CT molecular complexity index is 847. The third-order valence-corrected chi connectivity index (χ3v) is 4.46. The lowest BCUT2D eigenvalue weighted by Crippen LogP contribution is -2.17. The van der Waals surface area contributed by atoms with E-state index in [0.29, 0.717) is 12.1 Å². The topological polar surface area (TPSA) is 22.0 Å². The van der Waals surface area contributed by atoms with E-state index in [4.69, 9.17) is 0 Å². The van der Waals surface area contributed by atoms with Crippen LogP contribution in [0.1, 0.15) is 12.5 Å². The van der Waals surface area contributed by atoms with Gasteiger partial charge in [-0.05, 0) is 43.2 Å². The van der Waals surface area contributed by atoms with Crippen molar-refractivity contribution in [2.45, 2.75) is 20.4 Å². The van der Waals surface area contributed by atoms with Crippen LogP contribution in [0.15, 0.2) is 40.6 Å². The van der Waals surface area contributed by atoms with Crippen molar-refractivity contribution in [2.24, 2.45) is 0 Å². The molecule has 0 fully saturated rings. The van der Waals surface area contributed by atoms with Crippen LogP contribution in [0.3, 0.4) is 0 Å². The highest BCUT2D eigenvalue weighted by molar-refractivity contribution is 7.17. The average Bonchev–Trinajstić information content (AvgIpc) is 2.87. The second-order valence-corrected chi connectivity index (χ2v) is 5.67. The van der Waals surface area contributed by atoms with Crippen LogP contribution in [0.4, 0.5) is 4.39 Å². The van der Waals surface area contributed by atoms with Gasteiger partial charge in [0.1, 0.15) is 5.82 Å². The Labute approximate surface area is 120 Å². The van der Waals surface area contributed by atoms with Crippen molar-refractivity contribution >= 4 is 21.4 Å². The van der Waals surface area contributed by atoms with E-state index in [1.54, 1.807) is 35.0 Å². The van der Waals surface area contributed by atoms with Crippen molar-refractivity contribution in [3.05, 3.63) is 57.6 Å². The lowest BCUT2D eigenvalue weighted by molar-refractivity contribution is 0.619. The Morgan fingerprint density at radius 1 is 1.30 bits per heavy atom. The standard InChI is InChI=1S/C16H14FNOS/c1-3-18-7-6-14-15(16(18)19)12(9-20-14)11-4-5-13(17)10(2)8-11/h4-9H,3H2,1-2H3. The van der Waals surface area contributed by atoms with Crippen LogP contribution in [0.2, 0.25) is 0 Å². The van der Waals surface area contributed by atoms with E-state index >= 15 is 0 Å². The number of aryl methyl sites for hydroxylation is 2. The van der Waals surface area contributed by atoms with Crippen molar-refractivity contribution in [3.8, 4) is 11.1 Å². The van der Waals surface area contributed by atoms with Gasteiger partial charge in [0.15, 0.2) is 0 Å². The maximum atomic E-state index is 13.4. The Balaban J connectivity index is 2.31. The van der Waals surface area contributed by atoms with Gasteiger partial charge in [-0.3, -0.25) is 4.79 Å². The van der Waals surface area contributed by atoms with Crippen LogP contribution in [-0.2, 0) is 6.54 Å². The first-order valence-corrected chi connectivity index (χ1v) is 7.37. The number of nitrogens with zero attached hydrogens (tertiary/aromatic N) is 1. The lowest BCUT2D eigenvalue weighted by Gasteiger charge is -2.05. The molecule has 2 nitrogen and oxygen atoms in total. The molecule has 0 bridgehead atoms. The number of fused-ring (bicyclic) bond motifs is 1. The Kier molecular flexibility index (Phi) is 3.18. The van der Waals surface area contributed by atoms with E-state index in [1.807, 2.05) is 24.6 Å². The summed E-state index contributed by atoms with van der Waals surface area (Å²) in [5, 5.41) is 2.70. The predicted octanol–water partition coefficient (Wildman–Crippen LogP) is 4.20. The number of thiophene rings is 1. The molecule has 0 spiro atoms. The fourth-order valence-electron chi connectivity index (χ4n) is 2.36. The lowest BCUT2D eigenvalue weighted by atomic mass is 10.0. The van der Waals surface area contributed by atoms with Gasteiger partial charge in [0.05, 0.1) is 5.39 Å². The summed E-state index contributed by atoms with van der Waals surface area (Å²) in [5.74, 6) is -0.223. The average molecular weight is 287 g/mol. The van der Waals surface area contributed by atoms with E-state index in [1.165, 1.54) is 6.07 Å². The number of benzene rings is 1. The fourth-order valence-corrected chi connectivity index (χ4v) is 3.31. The van der Waals surface area contributed by atoms with Gasteiger partial charge in [-0.1, -0.05) is 6.07 Å². The third-order valence-electron chi connectivity index (χ3n) is 3.51. The van der Waals surface area contributed by atoms with Crippen molar-refractivity contribution in [1.29, 1.82) is 0 Å². The summed E-state index contributed by atoms with van der Waals surface area (Å²) in [5.41, 5.74) is 2.39. The first-order chi connectivity index (χ1) is 9.61. The van der Waals surface area contributed by atoms with Crippen LogP contribution in [0.5, 0.6) is 0 Å². The normalized spacial score (nSPS) is 11.2. The second-order valence-electron chi connectivity index (χ2n) is 4.76. The molecule has 0 aliphatic heterocycles. The summed E-state index contributed by atoms with van der Waals surface area (Å²) in [7, 11) is 0. The summed E-state index contributed by atoms with van der Waals surface area (Å²) in [4.78, 5) is 12.5. The molecule has 0 N–H and O–H groups in total. The molecule has 0 aliphatic rings. The van der Waals surface area contributed by atoms with Gasteiger partial charge in [-0.2, -0.15) is 0 Å². The zero-order chi connectivity index (χ0) is 14.3. The van der Waals surface area contributed by atoms with Crippen molar-refractivity contribution in [2.75, 3.05) is 0 Å². The maximum absolute atomic E-state index is 13.4. The van der Waals surface area contributed by atoms with Crippen LogP contribution in [0, 0.1) is 12.7 Å². The van der Waals surface area contributed by atoms with Gasteiger partial charge in [-0.25, -0.2) is 4.39 Å². The predicted molar refractivity (Wildman–Crippen MR) is 81.9 cm³/mol. The molecule has 0 amide bonds. The summed E-state index contributed by atoms with van der Waals surface area (Å²) in [6, 6.07) is 6.94. The SMILES string of the molecule is CCn1ccc2scc(-c3ccc(F)c(C)c3)c2c1=O. The zero-order valence-corrected chi connectivity index (χ0v) is 12.1. The van der Waals surface area contributed by atoms with Crippen LogP contribution in [-0.4, -0.2) is 4.57 Å². The molecular weight excluding hydrogens is 273 g/mol. The van der Waals surface area contributed by atoms with Crippen LogP contribution in [0.25, 0.3) is 21.2 Å². The van der Waals surface area contributed by atoms with E-state index < -0.39 is 0 Å². The van der Waals surface area contributed by atoms with Gasteiger partial charge >= 0.3 is 0 Å². The largest absolute Gasteiger partial charge is 0.315 e. The van der Waals surface area contributed by atoms with Crippen molar-refractivity contribution in [3.63, 3.8) is 0 Å². The molecule has 2 heterocycles. The Morgan fingerprint density at radius 2 is 2.10 bits per heavy atom. The van der Waals surface area contributed by atoms with E-state index in [9.17, 15) is 9.18 Å². The van der Waals surface area contributed by atoms with Crippen molar-refractivity contribution < 1.29 is 4.39 Å². The van der Waals surface area contributed by atoms with Crippen molar-refractivity contribution in [1.82, 2.24) is 4.57 Å². The van der Waals surface area contributed by atoms with Crippen LogP contribution < -0.4 is 5.56 Å². The zero-order valence-electron chi connectivity index (χ0n) is 11.3. The molecule has 2 aromatic heterocycles. The number of hydrogen-bond acceptors (Lipinski definition) is 2. The number of halogens is 1. The smallest absolute Gasteiger partial charge is 0.259 e. The number of rotatable bonds is 2. The first-order valence-electron chi connectivity index (χ1n) is 6.49. The van der Waals surface area contributed by atoms with E-state index in [2.05, 4.69) is 0 Å². The van der Waals surface area contributed by atoms with Crippen LogP contribution >= 0.6 is 11.3 Å². The highest BCUT2D eigenvalue weighted by atomic mass is 32.1.